The zero-order valence-corrected chi connectivity index (χ0v) is 12.3. The number of nitrogens with one attached hydrogen (secondary N) is 1. The maximum atomic E-state index is 11.9. The molecule has 0 saturated carbocycles. The Labute approximate surface area is 101 Å². The van der Waals surface area contributed by atoms with E-state index in [1.165, 1.54) is 0 Å². The predicted molar refractivity (Wildman–Crippen MR) is 70.4 cm³/mol. The quantitative estimate of drug-likeness (QED) is 0.784. The molecule has 4 heteroatoms. The molecule has 1 unspecified atom stereocenters. The van der Waals surface area contributed by atoms with Gasteiger partial charge >= 0.3 is 0 Å². The molecule has 0 bridgehead atoms. The van der Waals surface area contributed by atoms with E-state index in [1.807, 2.05) is 20.8 Å². The van der Waals surface area contributed by atoms with Gasteiger partial charge in [0.05, 0.1) is 11.5 Å². The molecule has 0 rings (SSSR count). The van der Waals surface area contributed by atoms with Gasteiger partial charge in [-0.15, -0.1) is 0 Å². The van der Waals surface area contributed by atoms with Crippen LogP contribution in [0.4, 0.5) is 0 Å². The fourth-order valence-electron chi connectivity index (χ4n) is 1.69. The molecule has 0 aromatic heterocycles. The number of rotatable bonds is 6. The number of hydrogen-bond acceptors (Lipinski definition) is 3. The van der Waals surface area contributed by atoms with Crippen LogP contribution in [-0.4, -0.2) is 32.5 Å². The van der Waals surface area contributed by atoms with Crippen LogP contribution in [0.15, 0.2) is 0 Å². The molecule has 0 spiro atoms. The molecule has 0 aromatic rings. The molecular weight excluding hydrogens is 222 g/mol. The molecule has 1 N–H and O–H groups in total. The summed E-state index contributed by atoms with van der Waals surface area (Å²) in [6.45, 7) is 12.9. The zero-order chi connectivity index (χ0) is 13.0. The summed E-state index contributed by atoms with van der Waals surface area (Å²) in [6.07, 6.45) is 0. The first-order chi connectivity index (χ1) is 7.08. The highest BCUT2D eigenvalue weighted by molar-refractivity contribution is 7.91. The largest absolute Gasteiger partial charge is 0.313 e. The van der Waals surface area contributed by atoms with E-state index >= 15 is 0 Å². The van der Waals surface area contributed by atoms with Gasteiger partial charge in [-0.05, 0) is 17.9 Å². The molecule has 3 nitrogen and oxygen atoms in total. The van der Waals surface area contributed by atoms with Gasteiger partial charge in [0.2, 0.25) is 0 Å². The summed E-state index contributed by atoms with van der Waals surface area (Å²) in [5, 5.41) is 3.27. The standard InChI is InChI=1S/C12H27NO2S/c1-7-13-11(12(4,5)6)9-16(14,15)8-10(2)3/h10-11,13H,7-9H2,1-6H3. The summed E-state index contributed by atoms with van der Waals surface area (Å²) >= 11 is 0. The van der Waals surface area contributed by atoms with Crippen molar-refractivity contribution in [2.24, 2.45) is 11.3 Å². The average Bonchev–Trinajstić information content (AvgIpc) is 1.98. The zero-order valence-electron chi connectivity index (χ0n) is 11.5. The van der Waals surface area contributed by atoms with Gasteiger partial charge in [-0.2, -0.15) is 0 Å². The van der Waals surface area contributed by atoms with Crippen LogP contribution < -0.4 is 5.32 Å². The van der Waals surface area contributed by atoms with E-state index in [2.05, 4.69) is 26.1 Å². The highest BCUT2D eigenvalue weighted by Gasteiger charge is 2.29. The predicted octanol–water partition coefficient (Wildman–Crippen LogP) is 2.08. The lowest BCUT2D eigenvalue weighted by molar-refractivity contribution is 0.292. The van der Waals surface area contributed by atoms with Crippen molar-refractivity contribution in [3.8, 4) is 0 Å². The molecule has 0 aliphatic heterocycles. The van der Waals surface area contributed by atoms with Gasteiger partial charge < -0.3 is 5.32 Å². The molecule has 98 valence electrons. The highest BCUT2D eigenvalue weighted by Crippen LogP contribution is 2.21. The molecule has 0 radical (unpaired) electrons. The second-order valence-electron chi connectivity index (χ2n) is 5.95. The molecule has 1 atom stereocenters. The number of hydrogen-bond donors (Lipinski definition) is 1. The molecule has 0 aliphatic carbocycles. The smallest absolute Gasteiger partial charge is 0.152 e. The van der Waals surface area contributed by atoms with Crippen molar-refractivity contribution in [1.82, 2.24) is 5.32 Å². The Morgan fingerprint density at radius 1 is 1.12 bits per heavy atom. The van der Waals surface area contributed by atoms with Crippen LogP contribution >= 0.6 is 0 Å². The molecule has 16 heavy (non-hydrogen) atoms. The molecular formula is C12H27NO2S. The van der Waals surface area contributed by atoms with Crippen LogP contribution in [0.3, 0.4) is 0 Å². The third kappa shape index (κ3) is 6.48. The van der Waals surface area contributed by atoms with E-state index in [0.29, 0.717) is 0 Å². The van der Waals surface area contributed by atoms with Crippen LogP contribution in [0.1, 0.15) is 41.5 Å². The van der Waals surface area contributed by atoms with E-state index < -0.39 is 9.84 Å². The van der Waals surface area contributed by atoms with E-state index in [1.54, 1.807) is 0 Å². The fourth-order valence-corrected chi connectivity index (χ4v) is 3.97. The van der Waals surface area contributed by atoms with Gasteiger partial charge in [0.1, 0.15) is 0 Å². The van der Waals surface area contributed by atoms with Crippen molar-refractivity contribution in [3.05, 3.63) is 0 Å². The Morgan fingerprint density at radius 3 is 1.94 bits per heavy atom. The van der Waals surface area contributed by atoms with Gasteiger partial charge in [0.15, 0.2) is 9.84 Å². The molecule has 0 aromatic carbocycles. The van der Waals surface area contributed by atoms with Crippen molar-refractivity contribution in [1.29, 1.82) is 0 Å². The molecule has 0 heterocycles. The van der Waals surface area contributed by atoms with Crippen molar-refractivity contribution >= 4 is 9.84 Å². The van der Waals surface area contributed by atoms with Gasteiger partial charge in [-0.1, -0.05) is 41.5 Å². The summed E-state index contributed by atoms with van der Waals surface area (Å²) in [4.78, 5) is 0. The Balaban J connectivity index is 4.63. The third-order valence-electron chi connectivity index (χ3n) is 2.50. The Kier molecular flexibility index (Phi) is 5.98. The maximum absolute atomic E-state index is 11.9. The first-order valence-electron chi connectivity index (χ1n) is 6.02. The topological polar surface area (TPSA) is 46.2 Å². The molecule has 0 fully saturated rings. The first-order valence-corrected chi connectivity index (χ1v) is 7.84. The van der Waals surface area contributed by atoms with E-state index in [9.17, 15) is 8.42 Å². The third-order valence-corrected chi connectivity index (χ3v) is 4.52. The molecule has 0 saturated heterocycles. The van der Waals surface area contributed by atoms with E-state index in [0.717, 1.165) is 6.54 Å². The maximum Gasteiger partial charge on any atom is 0.152 e. The minimum atomic E-state index is -2.95. The van der Waals surface area contributed by atoms with E-state index in [4.69, 9.17) is 0 Å². The second kappa shape index (κ2) is 6.01. The Hall–Kier alpha value is -0.0900. The summed E-state index contributed by atoms with van der Waals surface area (Å²) in [5.74, 6) is 0.722. The number of sulfone groups is 1. The normalized spacial score (nSPS) is 15.4. The van der Waals surface area contributed by atoms with Crippen LogP contribution in [0.25, 0.3) is 0 Å². The fraction of sp³-hybridized carbons (Fsp3) is 1.00. The first kappa shape index (κ1) is 15.9. The lowest BCUT2D eigenvalue weighted by Gasteiger charge is -2.31. The van der Waals surface area contributed by atoms with Gasteiger partial charge in [0.25, 0.3) is 0 Å². The summed E-state index contributed by atoms with van der Waals surface area (Å²) < 4.78 is 23.9. The lowest BCUT2D eigenvalue weighted by atomic mass is 9.88. The van der Waals surface area contributed by atoms with Crippen LogP contribution in [0.5, 0.6) is 0 Å². The Morgan fingerprint density at radius 2 is 1.62 bits per heavy atom. The van der Waals surface area contributed by atoms with E-state index in [-0.39, 0.29) is 28.9 Å². The van der Waals surface area contributed by atoms with Crippen LogP contribution in [0.2, 0.25) is 0 Å². The SMILES string of the molecule is CCNC(CS(=O)(=O)CC(C)C)C(C)(C)C. The van der Waals surface area contributed by atoms with Gasteiger partial charge in [-0.25, -0.2) is 8.42 Å². The molecule has 0 amide bonds. The van der Waals surface area contributed by atoms with Crippen molar-refractivity contribution in [2.45, 2.75) is 47.6 Å². The monoisotopic (exact) mass is 249 g/mol. The Bertz CT molecular complexity index is 289. The second-order valence-corrected chi connectivity index (χ2v) is 8.10. The minimum Gasteiger partial charge on any atom is -0.313 e. The van der Waals surface area contributed by atoms with Crippen molar-refractivity contribution < 1.29 is 8.42 Å². The average molecular weight is 249 g/mol. The summed E-state index contributed by atoms with van der Waals surface area (Å²) in [6, 6.07) is 0.0289. The minimum absolute atomic E-state index is 0.0277. The summed E-state index contributed by atoms with van der Waals surface area (Å²) in [5.41, 5.74) is -0.0277. The summed E-state index contributed by atoms with van der Waals surface area (Å²) in [7, 11) is -2.95. The van der Waals surface area contributed by atoms with Gasteiger partial charge in [-0.3, -0.25) is 0 Å². The lowest BCUT2D eigenvalue weighted by Crippen LogP contribution is -2.45. The van der Waals surface area contributed by atoms with Crippen LogP contribution in [0, 0.1) is 11.3 Å². The van der Waals surface area contributed by atoms with Crippen molar-refractivity contribution in [2.75, 3.05) is 18.1 Å². The van der Waals surface area contributed by atoms with Crippen LogP contribution in [-0.2, 0) is 9.84 Å². The molecule has 0 aliphatic rings. The van der Waals surface area contributed by atoms with Gasteiger partial charge in [0, 0.05) is 6.04 Å². The highest BCUT2D eigenvalue weighted by atomic mass is 32.2. The van der Waals surface area contributed by atoms with Crippen molar-refractivity contribution in [3.63, 3.8) is 0 Å².